The second-order valence-corrected chi connectivity index (χ2v) is 13.9. The van der Waals surface area contributed by atoms with Crippen LogP contribution in [0.1, 0.15) is 0 Å². The van der Waals surface area contributed by atoms with Crippen LogP contribution in [-0.2, 0) is 54.3 Å². The van der Waals surface area contributed by atoms with E-state index in [1.165, 1.54) is 0 Å². The molecule has 0 aromatic heterocycles. The first-order valence-electron chi connectivity index (χ1n) is 8.01. The summed E-state index contributed by atoms with van der Waals surface area (Å²) in [7, 11) is -35.9. The molecule has 0 heterocycles. The van der Waals surface area contributed by atoms with Crippen molar-refractivity contribution in [3.05, 3.63) is 0 Å². The molecule has 12 N–H and O–H groups in total. The normalized spacial score (nSPS) is 30.7. The summed E-state index contributed by atoms with van der Waals surface area (Å²) in [6.45, 7) is 0. The molecule has 0 aliphatic heterocycles. The van der Waals surface area contributed by atoms with Crippen LogP contribution >= 0.6 is 46.9 Å². The van der Waals surface area contributed by atoms with Crippen LogP contribution in [0.3, 0.4) is 0 Å². The van der Waals surface area contributed by atoms with E-state index in [1.54, 1.807) is 0 Å². The minimum absolute atomic E-state index is 3.01. The molecule has 0 aromatic carbocycles. The summed E-state index contributed by atoms with van der Waals surface area (Å²) in [6, 6.07) is 0. The van der Waals surface area contributed by atoms with Crippen LogP contribution in [0.25, 0.3) is 0 Å². The lowest BCUT2D eigenvalue weighted by molar-refractivity contribution is -0.205. The van der Waals surface area contributed by atoms with Gasteiger partial charge < -0.3 is 58.9 Å². The lowest BCUT2D eigenvalue weighted by Crippen LogP contribution is -2.66. The quantitative estimate of drug-likeness (QED) is 0.0920. The third-order valence-electron chi connectivity index (χ3n) is 3.47. The van der Waals surface area contributed by atoms with Gasteiger partial charge >= 0.3 is 46.9 Å². The Bertz CT molecular complexity index is 1050. The monoisotopic (exact) mass is 660 g/mol. The molecule has 36 heavy (non-hydrogen) atoms. The number of aliphatic hydroxyl groups is 1. The van der Waals surface area contributed by atoms with Crippen LogP contribution in [0.2, 0.25) is 0 Å². The second kappa shape index (κ2) is 11.6. The Kier molecular flexibility index (Phi) is 11.2. The first-order valence-corrected chi connectivity index (χ1v) is 17.2. The van der Waals surface area contributed by atoms with Gasteiger partial charge in [0.15, 0.2) is 0 Å². The predicted octanol–water partition coefficient (Wildman–Crippen LogP) is -3.13. The van der Waals surface area contributed by atoms with E-state index in [9.17, 15) is 37.4 Å². The summed E-state index contributed by atoms with van der Waals surface area (Å²) < 4.78 is 92.1. The molecule has 0 bridgehead atoms. The molecular weight excluding hydrogens is 642 g/mol. The fourth-order valence-electron chi connectivity index (χ4n) is 2.68. The average Bonchev–Trinajstić information content (AvgIpc) is 2.51. The van der Waals surface area contributed by atoms with E-state index in [-0.39, 0.29) is 0 Å². The highest BCUT2D eigenvalue weighted by atomic mass is 31.3. The largest absolute Gasteiger partial charge is 0.481 e. The van der Waals surface area contributed by atoms with Gasteiger partial charge in [0.2, 0.25) is 0 Å². The van der Waals surface area contributed by atoms with Crippen LogP contribution in [0.15, 0.2) is 0 Å². The first kappa shape index (κ1) is 34.7. The van der Waals surface area contributed by atoms with Gasteiger partial charge in [-0.05, 0) is 0 Å². The molecule has 0 amide bonds. The van der Waals surface area contributed by atoms with Gasteiger partial charge in [0.05, 0.1) is 0 Å². The number of phosphoric acid groups is 6. The molecule has 0 radical (unpaired) electrons. The lowest BCUT2D eigenvalue weighted by atomic mass is 9.85. The van der Waals surface area contributed by atoms with Crippen molar-refractivity contribution in [2.75, 3.05) is 0 Å². The van der Waals surface area contributed by atoms with Crippen LogP contribution < -0.4 is 0 Å². The van der Waals surface area contributed by atoms with Crippen molar-refractivity contribution in [2.24, 2.45) is 0 Å². The zero-order valence-electron chi connectivity index (χ0n) is 16.4. The SMILES string of the molecule is O=P(O)(O)O[C@@H]1[C@@H](OP(=O)(O)O)[C@H](OP(=O)(O)O)[C@H](O)[C@H](OP(=O)(O)OP(=O)(O)O)[C@H]1OP(=O)(O)O. The Balaban J connectivity index is 3.83. The average molecular weight is 660 g/mol. The van der Waals surface area contributed by atoms with Crippen molar-refractivity contribution in [3.8, 4) is 0 Å². The maximum atomic E-state index is 12.0. The fourth-order valence-corrected chi connectivity index (χ4v) is 6.70. The van der Waals surface area contributed by atoms with Gasteiger partial charge in [0, 0.05) is 0 Å². The van der Waals surface area contributed by atoms with E-state index in [1.807, 2.05) is 0 Å². The molecule has 0 saturated heterocycles. The van der Waals surface area contributed by atoms with Crippen LogP contribution in [0.4, 0.5) is 0 Å². The van der Waals surface area contributed by atoms with E-state index in [0.29, 0.717) is 0 Å². The second-order valence-electron chi connectivity index (χ2n) is 6.34. The smallest absolute Gasteiger partial charge is 0.387 e. The Labute approximate surface area is 197 Å². The van der Waals surface area contributed by atoms with Crippen LogP contribution in [-0.4, -0.2) is 95.6 Å². The van der Waals surface area contributed by atoms with Crippen molar-refractivity contribution in [3.63, 3.8) is 0 Å². The summed E-state index contributed by atoms with van der Waals surface area (Å²) >= 11 is 0. The van der Waals surface area contributed by atoms with Gasteiger partial charge in [-0.3, -0.25) is 22.6 Å². The Morgan fingerprint density at radius 2 is 0.639 bits per heavy atom. The molecule has 1 rings (SSSR count). The highest BCUT2D eigenvalue weighted by molar-refractivity contribution is 7.60. The highest BCUT2D eigenvalue weighted by Gasteiger charge is 2.61. The Morgan fingerprint density at radius 3 is 0.917 bits per heavy atom. The van der Waals surface area contributed by atoms with Gasteiger partial charge in [-0.25, -0.2) is 27.4 Å². The molecule has 0 aromatic rings. The molecule has 1 fully saturated rings. The number of hydrogen-bond donors (Lipinski definition) is 12. The van der Waals surface area contributed by atoms with Gasteiger partial charge in [0.25, 0.3) is 0 Å². The Morgan fingerprint density at radius 1 is 0.389 bits per heavy atom. The lowest BCUT2D eigenvalue weighted by Gasteiger charge is -2.47. The van der Waals surface area contributed by atoms with Crippen molar-refractivity contribution in [1.82, 2.24) is 0 Å². The van der Waals surface area contributed by atoms with E-state index in [4.69, 9.17) is 48.9 Å². The van der Waals surface area contributed by atoms with E-state index in [0.717, 1.165) is 0 Å². The molecule has 1 saturated carbocycles. The minimum atomic E-state index is -6.19. The van der Waals surface area contributed by atoms with Crippen molar-refractivity contribution in [1.29, 1.82) is 0 Å². The molecular formula is C6H18O24P6. The molecule has 216 valence electrons. The van der Waals surface area contributed by atoms with Crippen molar-refractivity contribution < 1.29 is 113 Å². The predicted molar refractivity (Wildman–Crippen MR) is 102 cm³/mol. The minimum Gasteiger partial charge on any atom is -0.387 e. The molecule has 0 spiro atoms. The fraction of sp³-hybridized carbons (Fsp3) is 1.00. The summed E-state index contributed by atoms with van der Waals surface area (Å²) in [6.07, 6.45) is -18.4. The molecule has 1 aliphatic rings. The zero-order chi connectivity index (χ0) is 28.7. The Hall–Kier alpha value is 0.660. The van der Waals surface area contributed by atoms with Crippen LogP contribution in [0, 0.1) is 0 Å². The van der Waals surface area contributed by atoms with Crippen LogP contribution in [0.5, 0.6) is 0 Å². The van der Waals surface area contributed by atoms with Gasteiger partial charge in [0.1, 0.15) is 36.6 Å². The van der Waals surface area contributed by atoms with E-state index in [2.05, 4.69) is 26.9 Å². The number of rotatable bonds is 12. The number of phosphoric ester groups is 5. The number of hydrogen-bond acceptors (Lipinski definition) is 13. The first-order chi connectivity index (χ1) is 15.6. The molecule has 24 nitrogen and oxygen atoms in total. The zero-order valence-corrected chi connectivity index (χ0v) is 21.8. The third-order valence-corrected chi connectivity index (χ3v) is 7.73. The maximum absolute atomic E-state index is 12.0. The maximum Gasteiger partial charge on any atom is 0.481 e. The van der Waals surface area contributed by atoms with Gasteiger partial charge in [-0.2, -0.15) is 4.31 Å². The standard InChI is InChI=1S/C6H18O24P6/c7-1-2(25-31(8,9)10)4(26-32(11,12)13)6(28-34(17,18)19)5(27-33(14,15)16)3(1)29-36(23,24)30-35(20,21)22/h1-7H,(H,23,24)(H2,8,9,10)(H2,11,12,13)(H2,14,15,16)(H2,17,18,19)(H2,20,21,22)/t1-,2+,3-,4-,5+,6+/m0/s1. The number of aliphatic hydroxyl groups excluding tert-OH is 1. The molecule has 7 atom stereocenters. The van der Waals surface area contributed by atoms with E-state index < -0.39 is 83.6 Å². The van der Waals surface area contributed by atoms with Gasteiger partial charge in [-0.1, -0.05) is 0 Å². The summed E-state index contributed by atoms with van der Waals surface area (Å²) in [5.41, 5.74) is 0. The topological polar surface area (TPSA) is 401 Å². The third kappa shape index (κ3) is 12.7. The van der Waals surface area contributed by atoms with E-state index >= 15 is 0 Å². The van der Waals surface area contributed by atoms with Crippen molar-refractivity contribution in [2.45, 2.75) is 36.6 Å². The van der Waals surface area contributed by atoms with Gasteiger partial charge in [-0.15, -0.1) is 0 Å². The summed E-state index contributed by atoms with van der Waals surface area (Å²) in [4.78, 5) is 99.6. The molecule has 1 aliphatic carbocycles. The summed E-state index contributed by atoms with van der Waals surface area (Å²) in [5, 5.41) is 10.4. The molecule has 1 unspecified atom stereocenters. The highest BCUT2D eigenvalue weighted by Crippen LogP contribution is 2.61. The summed E-state index contributed by atoms with van der Waals surface area (Å²) in [5.74, 6) is 0. The van der Waals surface area contributed by atoms with Crippen molar-refractivity contribution >= 4 is 46.9 Å². The molecule has 30 heteroatoms.